The van der Waals surface area contributed by atoms with Crippen molar-refractivity contribution in [3.63, 3.8) is 0 Å². The Bertz CT molecular complexity index is 1500. The highest BCUT2D eigenvalue weighted by atomic mass is 16.2. The van der Waals surface area contributed by atoms with Crippen LogP contribution in [0.4, 0.5) is 5.69 Å². The van der Waals surface area contributed by atoms with Crippen molar-refractivity contribution in [2.75, 3.05) is 4.90 Å². The average Bonchev–Trinajstić information content (AvgIpc) is 3.28. The number of anilines is 1. The number of amides is 1. The molecule has 2 aromatic heterocycles. The summed E-state index contributed by atoms with van der Waals surface area (Å²) in [5.74, 6) is 0.798. The molecule has 0 N–H and O–H groups in total. The number of nitrogens with zero attached hydrogens (tertiary/aromatic N) is 5. The van der Waals surface area contributed by atoms with E-state index in [9.17, 15) is 9.59 Å². The Labute approximate surface area is 205 Å². The van der Waals surface area contributed by atoms with Crippen molar-refractivity contribution in [2.24, 2.45) is 7.05 Å². The Kier molecular flexibility index (Phi) is 5.20. The lowest BCUT2D eigenvalue weighted by Crippen LogP contribution is -2.40. The van der Waals surface area contributed by atoms with Crippen molar-refractivity contribution in [2.45, 2.75) is 59.0 Å². The maximum absolute atomic E-state index is 13.3. The van der Waals surface area contributed by atoms with Crippen LogP contribution in [-0.2, 0) is 17.3 Å². The molecule has 7 nitrogen and oxygen atoms in total. The van der Waals surface area contributed by atoms with Crippen molar-refractivity contribution in [3.8, 4) is 11.5 Å². The lowest BCUT2D eigenvalue weighted by molar-refractivity contribution is -0.122. The molecule has 1 aliphatic heterocycles. The van der Waals surface area contributed by atoms with E-state index in [1.807, 2.05) is 50.8 Å². The number of aryl methyl sites for hydroxylation is 2. The number of fused-ring (bicyclic) bond motifs is 2. The number of aromatic nitrogens is 4. The van der Waals surface area contributed by atoms with Crippen LogP contribution >= 0.6 is 0 Å². The third kappa shape index (κ3) is 3.40. The first-order valence-electron chi connectivity index (χ1n) is 12.0. The maximum atomic E-state index is 13.3. The Hall–Kier alpha value is -3.74. The van der Waals surface area contributed by atoms with Crippen LogP contribution in [0, 0.1) is 6.92 Å². The van der Waals surface area contributed by atoms with Gasteiger partial charge in [0.25, 0.3) is 5.56 Å². The second-order valence-corrected chi connectivity index (χ2v) is 10.3. The number of benzene rings is 2. The molecule has 1 amide bonds. The highest BCUT2D eigenvalue weighted by Gasteiger charge is 2.45. The minimum atomic E-state index is -0.631. The molecule has 180 valence electrons. The van der Waals surface area contributed by atoms with Crippen LogP contribution in [0.15, 0.2) is 53.5 Å². The van der Waals surface area contributed by atoms with Crippen LogP contribution in [0.1, 0.15) is 57.5 Å². The lowest BCUT2D eigenvalue weighted by atomic mass is 9.86. The van der Waals surface area contributed by atoms with Gasteiger partial charge in [-0.1, -0.05) is 30.3 Å². The standard InChI is InChI=1S/C28H31N5O2/c1-16(2)32-23-14-24-21(13-20(23)28(5,6)27(32)35)30-25(22-15-31(7)26(34)17(3)29-22)33(24)18(4)19-11-9-8-10-12-19/h8-16,18H,1-7H3/t18-/m0/s1. The molecule has 0 radical (unpaired) electrons. The van der Waals surface area contributed by atoms with Gasteiger partial charge in [-0.25, -0.2) is 9.97 Å². The van der Waals surface area contributed by atoms with E-state index in [0.29, 0.717) is 17.2 Å². The predicted molar refractivity (Wildman–Crippen MR) is 139 cm³/mol. The Morgan fingerprint density at radius 1 is 0.971 bits per heavy atom. The SMILES string of the molecule is Cc1nc(-c2nc3cc4c(cc3n2[C@@H](C)c2ccccc2)N(C(C)C)C(=O)C4(C)C)cn(C)c1=O. The first-order chi connectivity index (χ1) is 16.5. The molecule has 5 rings (SSSR count). The molecule has 1 atom stereocenters. The van der Waals surface area contributed by atoms with Gasteiger partial charge in [0, 0.05) is 19.3 Å². The van der Waals surface area contributed by atoms with E-state index >= 15 is 0 Å². The minimum absolute atomic E-state index is 0.0378. The van der Waals surface area contributed by atoms with Crippen LogP contribution in [0.5, 0.6) is 0 Å². The van der Waals surface area contributed by atoms with Gasteiger partial charge in [0.15, 0.2) is 5.82 Å². The monoisotopic (exact) mass is 469 g/mol. The molecule has 4 aromatic rings. The molecule has 0 fully saturated rings. The second kappa shape index (κ2) is 7.90. The lowest BCUT2D eigenvalue weighted by Gasteiger charge is -2.24. The summed E-state index contributed by atoms with van der Waals surface area (Å²) in [6, 6.07) is 14.4. The van der Waals surface area contributed by atoms with Gasteiger partial charge in [0.1, 0.15) is 11.4 Å². The number of imidazole rings is 1. The van der Waals surface area contributed by atoms with E-state index < -0.39 is 5.41 Å². The minimum Gasteiger partial charge on any atom is -0.315 e. The summed E-state index contributed by atoms with van der Waals surface area (Å²) in [6.07, 6.45) is 1.74. The van der Waals surface area contributed by atoms with Gasteiger partial charge in [-0.05, 0) is 64.8 Å². The summed E-state index contributed by atoms with van der Waals surface area (Å²) in [4.78, 5) is 37.2. The average molecular weight is 470 g/mol. The molecular formula is C28H31N5O2. The maximum Gasteiger partial charge on any atom is 0.271 e. The molecule has 0 saturated carbocycles. The fourth-order valence-electron chi connectivity index (χ4n) is 5.18. The van der Waals surface area contributed by atoms with E-state index in [4.69, 9.17) is 4.98 Å². The molecule has 0 saturated heterocycles. The van der Waals surface area contributed by atoms with Crippen molar-refractivity contribution in [1.82, 2.24) is 19.1 Å². The molecular weight excluding hydrogens is 438 g/mol. The van der Waals surface area contributed by atoms with Crippen LogP contribution in [-0.4, -0.2) is 31.1 Å². The summed E-state index contributed by atoms with van der Waals surface area (Å²) < 4.78 is 3.72. The van der Waals surface area contributed by atoms with Crippen molar-refractivity contribution >= 4 is 22.6 Å². The van der Waals surface area contributed by atoms with E-state index in [1.54, 1.807) is 24.7 Å². The highest BCUT2D eigenvalue weighted by Crippen LogP contribution is 2.45. The summed E-state index contributed by atoms with van der Waals surface area (Å²) >= 11 is 0. The van der Waals surface area contributed by atoms with Crippen LogP contribution in [0.25, 0.3) is 22.6 Å². The Morgan fingerprint density at radius 2 is 1.66 bits per heavy atom. The third-order valence-electron chi connectivity index (χ3n) is 7.14. The second-order valence-electron chi connectivity index (χ2n) is 10.3. The van der Waals surface area contributed by atoms with Gasteiger partial charge < -0.3 is 14.0 Å². The number of rotatable bonds is 4. The van der Waals surface area contributed by atoms with Crippen LogP contribution < -0.4 is 10.5 Å². The molecule has 1 aliphatic rings. The van der Waals surface area contributed by atoms with E-state index in [1.165, 1.54) is 0 Å². The zero-order chi connectivity index (χ0) is 25.2. The molecule has 35 heavy (non-hydrogen) atoms. The molecule has 3 heterocycles. The number of hydrogen-bond donors (Lipinski definition) is 0. The zero-order valence-electron chi connectivity index (χ0n) is 21.3. The third-order valence-corrected chi connectivity index (χ3v) is 7.14. The first kappa shape index (κ1) is 23.0. The summed E-state index contributed by atoms with van der Waals surface area (Å²) in [6.45, 7) is 11.9. The van der Waals surface area contributed by atoms with Gasteiger partial charge in [0.05, 0.1) is 28.2 Å². The van der Waals surface area contributed by atoms with Gasteiger partial charge in [0.2, 0.25) is 5.91 Å². The summed E-state index contributed by atoms with van der Waals surface area (Å²) in [5, 5.41) is 0. The summed E-state index contributed by atoms with van der Waals surface area (Å²) in [5.41, 5.74) is 5.09. The molecule has 7 heteroatoms. The fourth-order valence-corrected chi connectivity index (χ4v) is 5.18. The topological polar surface area (TPSA) is 73.0 Å². The van der Waals surface area contributed by atoms with Crippen molar-refractivity contribution < 1.29 is 4.79 Å². The van der Waals surface area contributed by atoms with Gasteiger partial charge in [-0.15, -0.1) is 0 Å². The number of hydrogen-bond acceptors (Lipinski definition) is 4. The van der Waals surface area contributed by atoms with Gasteiger partial charge in [-0.2, -0.15) is 0 Å². The highest BCUT2D eigenvalue weighted by molar-refractivity contribution is 6.10. The largest absolute Gasteiger partial charge is 0.315 e. The van der Waals surface area contributed by atoms with Crippen molar-refractivity contribution in [3.05, 3.63) is 75.8 Å². The molecule has 0 bridgehead atoms. The van der Waals surface area contributed by atoms with Gasteiger partial charge >= 0.3 is 0 Å². The molecule has 0 aliphatic carbocycles. The molecule has 2 aromatic carbocycles. The predicted octanol–water partition coefficient (Wildman–Crippen LogP) is 4.75. The van der Waals surface area contributed by atoms with Gasteiger partial charge in [-0.3, -0.25) is 9.59 Å². The van der Waals surface area contributed by atoms with Crippen LogP contribution in [0.2, 0.25) is 0 Å². The Balaban J connectivity index is 1.85. The normalized spacial score (nSPS) is 15.8. The Morgan fingerprint density at radius 3 is 2.29 bits per heavy atom. The van der Waals surface area contributed by atoms with E-state index in [2.05, 4.69) is 40.7 Å². The zero-order valence-corrected chi connectivity index (χ0v) is 21.3. The number of carbonyl (C=O) groups is 1. The van der Waals surface area contributed by atoms with Crippen molar-refractivity contribution in [1.29, 1.82) is 0 Å². The first-order valence-corrected chi connectivity index (χ1v) is 12.0. The fraction of sp³-hybridized carbons (Fsp3) is 0.357. The summed E-state index contributed by atoms with van der Waals surface area (Å²) in [7, 11) is 1.73. The van der Waals surface area contributed by atoms with E-state index in [-0.39, 0.29) is 23.6 Å². The quantitative estimate of drug-likeness (QED) is 0.432. The van der Waals surface area contributed by atoms with Crippen LogP contribution in [0.3, 0.4) is 0 Å². The molecule has 0 spiro atoms. The molecule has 0 unspecified atom stereocenters. The smallest absolute Gasteiger partial charge is 0.271 e. The van der Waals surface area contributed by atoms with E-state index in [0.717, 1.165) is 27.8 Å². The number of carbonyl (C=O) groups excluding carboxylic acids is 1.